The first-order valence-corrected chi connectivity index (χ1v) is 3.91. The topological polar surface area (TPSA) is 41.9 Å². The molecule has 4 nitrogen and oxygen atoms in total. The summed E-state index contributed by atoms with van der Waals surface area (Å²) in [6, 6.07) is 0. The van der Waals surface area contributed by atoms with Crippen LogP contribution in [0.4, 0.5) is 4.79 Å². The Bertz CT molecular complexity index is 160. The molecule has 5 heteroatoms. The highest BCUT2D eigenvalue weighted by Crippen LogP contribution is 2.15. The van der Waals surface area contributed by atoms with Crippen LogP contribution in [0.5, 0.6) is 0 Å². The molecule has 0 radical (unpaired) electrons. The molecule has 1 aliphatic heterocycles. The summed E-state index contributed by atoms with van der Waals surface area (Å²) in [5.74, 6) is 0.749. The minimum Gasteiger partial charge on any atom is -0.448 e. The van der Waals surface area contributed by atoms with Crippen molar-refractivity contribution >= 4 is 24.3 Å². The molecule has 0 N–H and O–H groups in total. The van der Waals surface area contributed by atoms with Crippen LogP contribution < -0.4 is 0 Å². The van der Waals surface area contributed by atoms with Gasteiger partial charge in [0.25, 0.3) is 0 Å². The van der Waals surface area contributed by atoms with Crippen LogP contribution in [0.15, 0.2) is 5.10 Å². The lowest BCUT2D eigenvalue weighted by molar-refractivity contribution is 0.135. The Labute approximate surface area is 63.4 Å². The van der Waals surface area contributed by atoms with Gasteiger partial charge in [-0.15, -0.1) is 4.41 Å². The number of hydrazone groups is 1. The smallest absolute Gasteiger partial charge is 0.441 e. The molecule has 1 heterocycles. The van der Waals surface area contributed by atoms with E-state index in [0.717, 1.165) is 5.75 Å². The number of hydrogen-bond donors (Lipinski definition) is 0. The highest BCUT2D eigenvalue weighted by Gasteiger charge is 2.16. The van der Waals surface area contributed by atoms with Crippen molar-refractivity contribution in [1.29, 1.82) is 0 Å². The first kappa shape index (κ1) is 7.40. The van der Waals surface area contributed by atoms with Gasteiger partial charge in [0, 0.05) is 6.21 Å². The monoisotopic (exact) mass is 160 g/mol. The standard InChI is InChI=1S/C5H8N2O2S/c1-2-9-5(8)7-6-3-4-10-7/h3H,2,4H2,1H3. The number of ether oxygens (including phenoxy) is 1. The zero-order valence-electron chi connectivity index (χ0n) is 5.61. The molecule has 0 atom stereocenters. The quantitative estimate of drug-likeness (QED) is 0.539. The molecule has 1 aliphatic rings. The van der Waals surface area contributed by atoms with E-state index in [1.54, 1.807) is 13.1 Å². The van der Waals surface area contributed by atoms with Gasteiger partial charge in [-0.2, -0.15) is 5.10 Å². The lowest BCUT2D eigenvalue weighted by atomic mass is 10.9. The van der Waals surface area contributed by atoms with Crippen molar-refractivity contribution in [2.24, 2.45) is 5.10 Å². The molecule has 10 heavy (non-hydrogen) atoms. The van der Waals surface area contributed by atoms with Crippen molar-refractivity contribution in [2.75, 3.05) is 12.4 Å². The third-order valence-electron chi connectivity index (χ3n) is 0.882. The van der Waals surface area contributed by atoms with E-state index in [4.69, 9.17) is 0 Å². The Morgan fingerprint density at radius 1 is 2.00 bits per heavy atom. The van der Waals surface area contributed by atoms with Crippen LogP contribution in [-0.4, -0.2) is 29.1 Å². The van der Waals surface area contributed by atoms with E-state index in [0.29, 0.717) is 6.61 Å². The number of carbonyl (C=O) groups is 1. The van der Waals surface area contributed by atoms with Crippen LogP contribution in [0.3, 0.4) is 0 Å². The number of carbonyl (C=O) groups excluding carboxylic acids is 1. The Balaban J connectivity index is 2.33. The van der Waals surface area contributed by atoms with E-state index in [-0.39, 0.29) is 6.09 Å². The van der Waals surface area contributed by atoms with Crippen LogP contribution in [-0.2, 0) is 4.74 Å². The maximum atomic E-state index is 10.8. The maximum Gasteiger partial charge on any atom is 0.441 e. The maximum absolute atomic E-state index is 10.8. The lowest BCUT2D eigenvalue weighted by Crippen LogP contribution is -2.17. The lowest BCUT2D eigenvalue weighted by Gasteiger charge is -2.07. The van der Waals surface area contributed by atoms with Crippen molar-refractivity contribution in [1.82, 2.24) is 4.41 Å². The molecule has 56 valence electrons. The zero-order valence-corrected chi connectivity index (χ0v) is 6.43. The molecular weight excluding hydrogens is 152 g/mol. The predicted octanol–water partition coefficient (Wildman–Crippen LogP) is 1.09. The van der Waals surface area contributed by atoms with Gasteiger partial charge in [0.1, 0.15) is 0 Å². The van der Waals surface area contributed by atoms with E-state index in [1.807, 2.05) is 0 Å². The van der Waals surface area contributed by atoms with Gasteiger partial charge in [-0.1, -0.05) is 0 Å². The molecule has 0 aromatic rings. The molecule has 1 amide bonds. The van der Waals surface area contributed by atoms with Gasteiger partial charge in [0.15, 0.2) is 0 Å². The normalized spacial score (nSPS) is 15.9. The van der Waals surface area contributed by atoms with E-state index in [9.17, 15) is 4.79 Å². The fraction of sp³-hybridized carbons (Fsp3) is 0.600. The van der Waals surface area contributed by atoms with Gasteiger partial charge in [-0.05, 0) is 18.9 Å². The van der Waals surface area contributed by atoms with E-state index >= 15 is 0 Å². The van der Waals surface area contributed by atoms with Gasteiger partial charge in [-0.3, -0.25) is 0 Å². The second kappa shape index (κ2) is 3.46. The van der Waals surface area contributed by atoms with Crippen molar-refractivity contribution in [2.45, 2.75) is 6.92 Å². The Kier molecular flexibility index (Phi) is 2.56. The van der Waals surface area contributed by atoms with Crippen molar-refractivity contribution in [3.63, 3.8) is 0 Å². The highest BCUT2D eigenvalue weighted by atomic mass is 32.2. The third kappa shape index (κ3) is 1.63. The second-order valence-electron chi connectivity index (χ2n) is 1.57. The Hall–Kier alpha value is -0.710. The minimum absolute atomic E-state index is 0.388. The zero-order chi connectivity index (χ0) is 7.40. The molecule has 0 unspecified atom stereocenters. The minimum atomic E-state index is -0.388. The number of nitrogens with zero attached hydrogens (tertiary/aromatic N) is 2. The SMILES string of the molecule is CCOC(=O)N1N=CCS1. The van der Waals surface area contributed by atoms with Gasteiger partial charge < -0.3 is 4.74 Å². The molecule has 0 saturated carbocycles. The van der Waals surface area contributed by atoms with Crippen LogP contribution >= 0.6 is 11.9 Å². The van der Waals surface area contributed by atoms with Crippen LogP contribution in [0, 0.1) is 0 Å². The summed E-state index contributed by atoms with van der Waals surface area (Å²) in [5.41, 5.74) is 0. The van der Waals surface area contributed by atoms with Crippen LogP contribution in [0.25, 0.3) is 0 Å². The van der Waals surface area contributed by atoms with Crippen molar-refractivity contribution in [3.05, 3.63) is 0 Å². The summed E-state index contributed by atoms with van der Waals surface area (Å²) in [6.45, 7) is 2.16. The summed E-state index contributed by atoms with van der Waals surface area (Å²) < 4.78 is 5.92. The second-order valence-corrected chi connectivity index (χ2v) is 2.50. The van der Waals surface area contributed by atoms with E-state index in [1.165, 1.54) is 16.4 Å². The summed E-state index contributed by atoms with van der Waals surface area (Å²) in [6.07, 6.45) is 1.28. The molecule has 0 aromatic carbocycles. The molecule has 0 spiro atoms. The fourth-order valence-corrected chi connectivity index (χ4v) is 1.09. The molecule has 1 rings (SSSR count). The average molecular weight is 160 g/mol. The largest absolute Gasteiger partial charge is 0.448 e. The predicted molar refractivity (Wildman–Crippen MR) is 39.8 cm³/mol. The molecule has 0 fully saturated rings. The van der Waals surface area contributed by atoms with E-state index < -0.39 is 0 Å². The average Bonchev–Trinajstić information content (AvgIpc) is 2.38. The molecular formula is C5H8N2O2S. The molecule has 0 aliphatic carbocycles. The summed E-state index contributed by atoms with van der Waals surface area (Å²) in [4.78, 5) is 10.8. The summed E-state index contributed by atoms with van der Waals surface area (Å²) in [5, 5.41) is 3.75. The highest BCUT2D eigenvalue weighted by molar-refractivity contribution is 7.98. The number of hydrogen-bond acceptors (Lipinski definition) is 4. The Morgan fingerprint density at radius 2 is 2.80 bits per heavy atom. The number of amides is 1. The first-order valence-electron chi connectivity index (χ1n) is 2.97. The van der Waals surface area contributed by atoms with Gasteiger partial charge in [0.2, 0.25) is 0 Å². The van der Waals surface area contributed by atoms with E-state index in [2.05, 4.69) is 9.84 Å². The molecule has 0 aromatic heterocycles. The van der Waals surface area contributed by atoms with Gasteiger partial charge >= 0.3 is 6.09 Å². The third-order valence-corrected chi connectivity index (χ3v) is 1.67. The van der Waals surface area contributed by atoms with Gasteiger partial charge in [0.05, 0.1) is 12.4 Å². The number of rotatable bonds is 1. The van der Waals surface area contributed by atoms with Crippen molar-refractivity contribution < 1.29 is 9.53 Å². The fourth-order valence-electron chi connectivity index (χ4n) is 0.523. The summed E-state index contributed by atoms with van der Waals surface area (Å²) >= 11 is 1.33. The van der Waals surface area contributed by atoms with Crippen molar-refractivity contribution in [3.8, 4) is 0 Å². The van der Waals surface area contributed by atoms with Crippen LogP contribution in [0.1, 0.15) is 6.92 Å². The van der Waals surface area contributed by atoms with Gasteiger partial charge in [-0.25, -0.2) is 4.79 Å². The summed E-state index contributed by atoms with van der Waals surface area (Å²) in [7, 11) is 0. The Morgan fingerprint density at radius 3 is 3.30 bits per heavy atom. The molecule has 0 bridgehead atoms. The first-order chi connectivity index (χ1) is 4.84. The molecule has 0 saturated heterocycles. The van der Waals surface area contributed by atoms with Crippen LogP contribution in [0.2, 0.25) is 0 Å².